The van der Waals surface area contributed by atoms with Crippen molar-refractivity contribution in [2.24, 2.45) is 0 Å². The molecule has 0 unspecified atom stereocenters. The van der Waals surface area contributed by atoms with Crippen molar-refractivity contribution in [3.8, 4) is 17.2 Å². The van der Waals surface area contributed by atoms with E-state index < -0.39 is 0 Å². The molecule has 4 heteroatoms. The van der Waals surface area contributed by atoms with Crippen molar-refractivity contribution in [3.63, 3.8) is 0 Å². The minimum atomic E-state index is 0.110. The first kappa shape index (κ1) is 19.9. The molecule has 0 radical (unpaired) electrons. The maximum Gasteiger partial charge on any atom is 0.241 e. The molecule has 0 spiro atoms. The van der Waals surface area contributed by atoms with Crippen molar-refractivity contribution < 1.29 is 14.2 Å². The van der Waals surface area contributed by atoms with Gasteiger partial charge in [-0.3, -0.25) is 0 Å². The molecule has 28 heavy (non-hydrogen) atoms. The molecule has 0 bridgehead atoms. The highest BCUT2D eigenvalue weighted by molar-refractivity contribution is 6.95. The number of hydrogen-bond donors (Lipinski definition) is 0. The van der Waals surface area contributed by atoms with Crippen molar-refractivity contribution in [2.75, 3.05) is 21.3 Å². The third kappa shape index (κ3) is 3.86. The molecule has 0 aliphatic rings. The summed E-state index contributed by atoms with van der Waals surface area (Å²) >= 11 is 0. The number of methoxy groups -OCH3 is 3. The predicted octanol–water partition coefficient (Wildman–Crippen LogP) is 3.15. The lowest BCUT2D eigenvalue weighted by Crippen LogP contribution is -2.52. The van der Waals surface area contributed by atoms with Crippen molar-refractivity contribution in [1.29, 1.82) is 0 Å². The highest BCUT2D eigenvalue weighted by atomic mass is 16.5. The summed E-state index contributed by atoms with van der Waals surface area (Å²) in [7, 11) is 5.12. The molecule has 0 aromatic heterocycles. The Kier molecular flexibility index (Phi) is 5.98. The predicted molar refractivity (Wildman–Crippen MR) is 118 cm³/mol. The molecular weight excluding hydrogens is 347 g/mol. The van der Waals surface area contributed by atoms with Crippen LogP contribution in [0, 0.1) is 20.8 Å². The van der Waals surface area contributed by atoms with Gasteiger partial charge in [0.25, 0.3) is 0 Å². The van der Waals surface area contributed by atoms with E-state index in [0.717, 1.165) is 33.9 Å². The zero-order chi connectivity index (χ0) is 20.3. The third-order valence-electron chi connectivity index (χ3n) is 5.26. The van der Waals surface area contributed by atoms with Gasteiger partial charge in [0.05, 0.1) is 21.3 Å². The minimum Gasteiger partial charge on any atom is -0.496 e. The van der Waals surface area contributed by atoms with E-state index in [1.54, 1.807) is 21.3 Å². The molecule has 0 aliphatic heterocycles. The smallest absolute Gasteiger partial charge is 0.241 e. The third-order valence-corrected chi connectivity index (χ3v) is 5.26. The van der Waals surface area contributed by atoms with Gasteiger partial charge >= 0.3 is 0 Å². The Bertz CT molecular complexity index is 854. The fourth-order valence-electron chi connectivity index (χ4n) is 3.82. The first-order chi connectivity index (χ1) is 13.5. The van der Waals surface area contributed by atoms with Crippen molar-refractivity contribution >= 4 is 23.1 Å². The fraction of sp³-hybridized carbons (Fsp3) is 0.250. The van der Waals surface area contributed by atoms with E-state index in [1.807, 2.05) is 18.2 Å². The van der Waals surface area contributed by atoms with Gasteiger partial charge in [0.1, 0.15) is 17.2 Å². The van der Waals surface area contributed by atoms with Crippen molar-refractivity contribution in [1.82, 2.24) is 0 Å². The molecule has 0 fully saturated rings. The van der Waals surface area contributed by atoms with E-state index in [9.17, 15) is 0 Å². The molecule has 0 aliphatic carbocycles. The topological polar surface area (TPSA) is 27.7 Å². The second-order valence-corrected chi connectivity index (χ2v) is 7.12. The van der Waals surface area contributed by atoms with Gasteiger partial charge in [0.2, 0.25) is 6.71 Å². The molecule has 0 saturated carbocycles. The molecule has 3 aromatic carbocycles. The number of ether oxygens (including phenoxy) is 3. The van der Waals surface area contributed by atoms with Gasteiger partial charge in [-0.25, -0.2) is 0 Å². The van der Waals surface area contributed by atoms with Crippen LogP contribution < -0.4 is 30.6 Å². The summed E-state index contributed by atoms with van der Waals surface area (Å²) in [5, 5.41) is 0. The monoisotopic (exact) mass is 374 g/mol. The van der Waals surface area contributed by atoms with Crippen LogP contribution in [0.3, 0.4) is 0 Å². The Labute approximate surface area is 168 Å². The van der Waals surface area contributed by atoms with E-state index >= 15 is 0 Å². The average molecular weight is 374 g/mol. The zero-order valence-corrected chi connectivity index (χ0v) is 17.5. The molecule has 3 rings (SSSR count). The van der Waals surface area contributed by atoms with Crippen LogP contribution in [-0.4, -0.2) is 28.0 Å². The van der Waals surface area contributed by atoms with Crippen LogP contribution in [0.1, 0.15) is 16.7 Å². The summed E-state index contributed by atoms with van der Waals surface area (Å²) < 4.78 is 16.4. The standard InChI is InChI=1S/C24H27BO3/c1-16-13-19(7-10-22(16)26-4)25(20-8-11-23(27-5)17(2)14-20)21-9-12-24(28-6)18(3)15-21/h7-15H,1-6H3. The molecule has 0 amide bonds. The Balaban J connectivity index is 2.17. The number of hydrogen-bond acceptors (Lipinski definition) is 3. The molecule has 3 aromatic rings. The van der Waals surface area contributed by atoms with E-state index in [-0.39, 0.29) is 6.71 Å². The van der Waals surface area contributed by atoms with Gasteiger partial charge in [0.15, 0.2) is 0 Å². The van der Waals surface area contributed by atoms with Gasteiger partial charge in [-0.05, 0) is 55.7 Å². The molecule has 0 heterocycles. The maximum atomic E-state index is 5.46. The van der Waals surface area contributed by atoms with Crippen LogP contribution in [0.4, 0.5) is 0 Å². The molecular formula is C24H27BO3. The molecule has 0 N–H and O–H groups in total. The van der Waals surface area contributed by atoms with E-state index in [4.69, 9.17) is 14.2 Å². The summed E-state index contributed by atoms with van der Waals surface area (Å²) in [6.45, 7) is 6.35. The van der Waals surface area contributed by atoms with E-state index in [2.05, 4.69) is 57.2 Å². The zero-order valence-electron chi connectivity index (χ0n) is 17.5. The quantitative estimate of drug-likeness (QED) is 0.621. The number of aryl methyl sites for hydroxylation is 3. The van der Waals surface area contributed by atoms with Gasteiger partial charge in [0, 0.05) is 0 Å². The lowest BCUT2D eigenvalue weighted by atomic mass is 9.36. The largest absolute Gasteiger partial charge is 0.496 e. The molecule has 144 valence electrons. The molecule has 0 atom stereocenters. The van der Waals surface area contributed by atoms with Gasteiger partial charge in [-0.15, -0.1) is 0 Å². The Morgan fingerprint density at radius 1 is 0.500 bits per heavy atom. The fourth-order valence-corrected chi connectivity index (χ4v) is 3.82. The summed E-state index contributed by atoms with van der Waals surface area (Å²) in [6, 6.07) is 19.2. The Morgan fingerprint density at radius 3 is 1.00 bits per heavy atom. The first-order valence-electron chi connectivity index (χ1n) is 9.42. The van der Waals surface area contributed by atoms with Crippen LogP contribution in [0.5, 0.6) is 17.2 Å². The lowest BCUT2D eigenvalue weighted by molar-refractivity contribution is 0.412. The van der Waals surface area contributed by atoms with Crippen LogP contribution in [0.2, 0.25) is 0 Å². The van der Waals surface area contributed by atoms with Crippen molar-refractivity contribution in [3.05, 3.63) is 71.3 Å². The lowest BCUT2D eigenvalue weighted by Gasteiger charge is -2.19. The Morgan fingerprint density at radius 2 is 0.786 bits per heavy atom. The Hall–Kier alpha value is -2.88. The highest BCUT2D eigenvalue weighted by Crippen LogP contribution is 2.18. The van der Waals surface area contributed by atoms with E-state index in [1.165, 1.54) is 16.4 Å². The van der Waals surface area contributed by atoms with Crippen LogP contribution >= 0.6 is 0 Å². The van der Waals surface area contributed by atoms with Crippen LogP contribution in [-0.2, 0) is 0 Å². The van der Waals surface area contributed by atoms with Gasteiger partial charge in [-0.2, -0.15) is 0 Å². The normalized spacial score (nSPS) is 10.5. The molecule has 3 nitrogen and oxygen atoms in total. The second kappa shape index (κ2) is 8.43. The van der Waals surface area contributed by atoms with Gasteiger partial charge in [-0.1, -0.05) is 52.8 Å². The highest BCUT2D eigenvalue weighted by Gasteiger charge is 2.24. The summed E-state index contributed by atoms with van der Waals surface area (Å²) in [5.74, 6) is 2.71. The van der Waals surface area contributed by atoms with E-state index in [0.29, 0.717) is 0 Å². The minimum absolute atomic E-state index is 0.110. The maximum absolute atomic E-state index is 5.46. The summed E-state index contributed by atoms with van der Waals surface area (Å²) in [4.78, 5) is 0. The summed E-state index contributed by atoms with van der Waals surface area (Å²) in [5.41, 5.74) is 7.06. The first-order valence-corrected chi connectivity index (χ1v) is 9.42. The second-order valence-electron chi connectivity index (χ2n) is 7.12. The van der Waals surface area contributed by atoms with Gasteiger partial charge < -0.3 is 14.2 Å². The number of benzene rings is 3. The van der Waals surface area contributed by atoms with Crippen LogP contribution in [0.15, 0.2) is 54.6 Å². The SMILES string of the molecule is COc1ccc(B(c2ccc(OC)c(C)c2)c2ccc(OC)c(C)c2)cc1C. The summed E-state index contributed by atoms with van der Waals surface area (Å²) in [6.07, 6.45) is 0. The van der Waals surface area contributed by atoms with Crippen LogP contribution in [0.25, 0.3) is 0 Å². The number of rotatable bonds is 6. The average Bonchev–Trinajstić information content (AvgIpc) is 2.69. The van der Waals surface area contributed by atoms with Crippen molar-refractivity contribution in [2.45, 2.75) is 20.8 Å². The molecule has 0 saturated heterocycles.